The normalized spacial score (nSPS) is 21.9. The standard InChI is InChI=1S/C28H22O7/c29-14-4-1-12(2-5-14)23-25-17(8-15(30)10-21(25)34)28-24(13-3-6-19(32)20(33)7-13)26-18(27(23)28)9-16(31)11-22(26)35/h1-11,23-24,27-35H/t23-,24-,27+,28+/m1/s1. The lowest BCUT2D eigenvalue weighted by atomic mass is 9.79. The number of hydrogen-bond donors (Lipinski definition) is 7. The van der Waals surface area contributed by atoms with Gasteiger partial charge in [-0.05, 0) is 58.7 Å². The second-order valence-corrected chi connectivity index (χ2v) is 9.28. The fourth-order valence-electron chi connectivity index (χ4n) is 6.20. The minimum absolute atomic E-state index is 0.0781. The first-order chi connectivity index (χ1) is 16.7. The Morgan fingerprint density at radius 3 is 1.40 bits per heavy atom. The van der Waals surface area contributed by atoms with Crippen LogP contribution in [-0.4, -0.2) is 35.7 Å². The summed E-state index contributed by atoms with van der Waals surface area (Å²) in [5.41, 5.74) is 3.97. The molecule has 2 aliphatic rings. The second-order valence-electron chi connectivity index (χ2n) is 9.28. The Kier molecular flexibility index (Phi) is 4.35. The van der Waals surface area contributed by atoms with E-state index in [-0.39, 0.29) is 52.1 Å². The van der Waals surface area contributed by atoms with Crippen LogP contribution in [0.25, 0.3) is 0 Å². The Morgan fingerprint density at radius 1 is 0.400 bits per heavy atom. The van der Waals surface area contributed by atoms with E-state index in [9.17, 15) is 35.7 Å². The van der Waals surface area contributed by atoms with Crippen molar-refractivity contribution < 1.29 is 35.7 Å². The van der Waals surface area contributed by atoms with Gasteiger partial charge in [-0.15, -0.1) is 0 Å². The van der Waals surface area contributed by atoms with E-state index in [1.165, 1.54) is 24.3 Å². The van der Waals surface area contributed by atoms with Gasteiger partial charge < -0.3 is 35.7 Å². The molecule has 6 rings (SSSR count). The van der Waals surface area contributed by atoms with Gasteiger partial charge in [0, 0.05) is 46.9 Å². The maximum atomic E-state index is 11.0. The molecule has 2 aliphatic carbocycles. The summed E-state index contributed by atoms with van der Waals surface area (Å²) in [7, 11) is 0. The van der Waals surface area contributed by atoms with Gasteiger partial charge in [-0.25, -0.2) is 0 Å². The van der Waals surface area contributed by atoms with Crippen molar-refractivity contribution in [1.29, 1.82) is 0 Å². The van der Waals surface area contributed by atoms with Crippen LogP contribution in [-0.2, 0) is 0 Å². The van der Waals surface area contributed by atoms with E-state index in [1.807, 2.05) is 0 Å². The molecule has 4 aromatic carbocycles. The van der Waals surface area contributed by atoms with E-state index in [1.54, 1.807) is 42.5 Å². The van der Waals surface area contributed by atoms with Gasteiger partial charge in [0.2, 0.25) is 0 Å². The topological polar surface area (TPSA) is 142 Å². The van der Waals surface area contributed by atoms with Crippen LogP contribution in [0.4, 0.5) is 0 Å². The summed E-state index contributed by atoms with van der Waals surface area (Å²) >= 11 is 0. The molecule has 0 radical (unpaired) electrons. The number of fused-ring (bicyclic) bond motifs is 5. The van der Waals surface area contributed by atoms with E-state index >= 15 is 0 Å². The molecule has 0 bridgehead atoms. The van der Waals surface area contributed by atoms with Gasteiger partial charge in [0.25, 0.3) is 0 Å². The Hall–Kier alpha value is -4.52. The average molecular weight is 470 g/mol. The molecule has 7 heteroatoms. The Bertz CT molecular complexity index is 1490. The van der Waals surface area contributed by atoms with E-state index in [2.05, 4.69) is 0 Å². The van der Waals surface area contributed by atoms with Gasteiger partial charge >= 0.3 is 0 Å². The highest BCUT2D eigenvalue weighted by atomic mass is 16.3. The van der Waals surface area contributed by atoms with E-state index in [4.69, 9.17) is 0 Å². The predicted molar refractivity (Wildman–Crippen MR) is 127 cm³/mol. The number of rotatable bonds is 2. The minimum atomic E-state index is -0.510. The van der Waals surface area contributed by atoms with Crippen LogP contribution in [0.1, 0.15) is 57.1 Å². The summed E-state index contributed by atoms with van der Waals surface area (Å²) in [4.78, 5) is 0. The molecule has 7 nitrogen and oxygen atoms in total. The van der Waals surface area contributed by atoms with Crippen molar-refractivity contribution in [1.82, 2.24) is 0 Å². The summed E-state index contributed by atoms with van der Waals surface area (Å²) < 4.78 is 0. The summed E-state index contributed by atoms with van der Waals surface area (Å²) in [5, 5.41) is 72.7. The van der Waals surface area contributed by atoms with Gasteiger partial charge in [-0.1, -0.05) is 18.2 Å². The van der Waals surface area contributed by atoms with Crippen LogP contribution in [0.2, 0.25) is 0 Å². The zero-order valence-electron chi connectivity index (χ0n) is 18.3. The van der Waals surface area contributed by atoms with Crippen LogP contribution < -0.4 is 0 Å². The highest BCUT2D eigenvalue weighted by Crippen LogP contribution is 2.69. The lowest BCUT2D eigenvalue weighted by Gasteiger charge is -2.23. The summed E-state index contributed by atoms with van der Waals surface area (Å²) in [6.07, 6.45) is 0. The minimum Gasteiger partial charge on any atom is -0.508 e. The third kappa shape index (κ3) is 2.98. The van der Waals surface area contributed by atoms with Crippen LogP contribution in [0, 0.1) is 0 Å². The number of hydrogen-bond acceptors (Lipinski definition) is 7. The molecule has 0 amide bonds. The van der Waals surface area contributed by atoms with Crippen molar-refractivity contribution in [2.45, 2.75) is 23.7 Å². The van der Waals surface area contributed by atoms with Crippen LogP contribution in [0.5, 0.6) is 40.2 Å². The van der Waals surface area contributed by atoms with Gasteiger partial charge in [-0.3, -0.25) is 0 Å². The lowest BCUT2D eigenvalue weighted by molar-refractivity contribution is 0.402. The number of benzene rings is 4. The fraction of sp³-hybridized carbons (Fsp3) is 0.143. The molecule has 35 heavy (non-hydrogen) atoms. The van der Waals surface area contributed by atoms with E-state index < -0.39 is 11.8 Å². The molecule has 7 N–H and O–H groups in total. The summed E-state index contributed by atoms with van der Waals surface area (Å²) in [5.74, 6) is -2.55. The maximum absolute atomic E-state index is 11.0. The number of phenolic OH excluding ortho intramolecular Hbond substituents is 7. The first kappa shape index (κ1) is 21.0. The predicted octanol–water partition coefficient (Wildman–Crippen LogP) is 4.78. The Morgan fingerprint density at radius 2 is 0.886 bits per heavy atom. The zero-order valence-corrected chi connectivity index (χ0v) is 18.3. The monoisotopic (exact) mass is 470 g/mol. The second kappa shape index (κ2) is 7.24. The molecule has 0 unspecified atom stereocenters. The van der Waals surface area contributed by atoms with Crippen molar-refractivity contribution in [3.63, 3.8) is 0 Å². The molecular weight excluding hydrogens is 448 g/mol. The fourth-order valence-corrected chi connectivity index (χ4v) is 6.20. The van der Waals surface area contributed by atoms with Gasteiger partial charge in [0.05, 0.1) is 0 Å². The van der Waals surface area contributed by atoms with E-state index in [0.717, 1.165) is 5.56 Å². The first-order valence-electron chi connectivity index (χ1n) is 11.2. The van der Waals surface area contributed by atoms with Crippen LogP contribution in [0.3, 0.4) is 0 Å². The molecular formula is C28H22O7. The maximum Gasteiger partial charge on any atom is 0.157 e. The molecule has 0 heterocycles. The molecule has 0 spiro atoms. The third-order valence-corrected chi connectivity index (χ3v) is 7.41. The lowest BCUT2D eigenvalue weighted by Crippen LogP contribution is -2.10. The largest absolute Gasteiger partial charge is 0.508 e. The molecule has 0 saturated carbocycles. The molecule has 0 aromatic heterocycles. The summed E-state index contributed by atoms with van der Waals surface area (Å²) in [6, 6.07) is 16.9. The third-order valence-electron chi connectivity index (χ3n) is 7.41. The number of aromatic hydroxyl groups is 7. The van der Waals surface area contributed by atoms with Crippen LogP contribution in [0.15, 0.2) is 66.7 Å². The van der Waals surface area contributed by atoms with Gasteiger partial charge in [0.1, 0.15) is 28.7 Å². The highest BCUT2D eigenvalue weighted by molar-refractivity contribution is 5.68. The zero-order chi connectivity index (χ0) is 24.6. The SMILES string of the molecule is Oc1ccc([C@@H]2c3c(O)cc(O)cc3[C@H]3[C@H](c4ccc(O)c(O)c4)c4c(O)cc(O)cc4[C@@H]23)cc1. The Balaban J connectivity index is 1.68. The van der Waals surface area contributed by atoms with Crippen molar-refractivity contribution >= 4 is 0 Å². The molecule has 4 aromatic rings. The van der Waals surface area contributed by atoms with Gasteiger partial charge in [-0.2, -0.15) is 0 Å². The van der Waals surface area contributed by atoms with Crippen molar-refractivity contribution in [3.05, 3.63) is 100 Å². The summed E-state index contributed by atoms with van der Waals surface area (Å²) in [6.45, 7) is 0. The molecule has 0 aliphatic heterocycles. The smallest absolute Gasteiger partial charge is 0.157 e. The van der Waals surface area contributed by atoms with Crippen LogP contribution >= 0.6 is 0 Å². The first-order valence-corrected chi connectivity index (χ1v) is 11.2. The molecule has 0 fully saturated rings. The molecule has 176 valence electrons. The quantitative estimate of drug-likeness (QED) is 0.209. The Labute approximate surface area is 200 Å². The van der Waals surface area contributed by atoms with E-state index in [0.29, 0.717) is 27.8 Å². The van der Waals surface area contributed by atoms with Crippen molar-refractivity contribution in [3.8, 4) is 40.2 Å². The molecule has 4 atom stereocenters. The van der Waals surface area contributed by atoms with Gasteiger partial charge in [0.15, 0.2) is 11.5 Å². The number of phenols is 7. The highest BCUT2D eigenvalue weighted by Gasteiger charge is 2.54. The van der Waals surface area contributed by atoms with Crippen molar-refractivity contribution in [2.75, 3.05) is 0 Å². The van der Waals surface area contributed by atoms with Crippen molar-refractivity contribution in [2.24, 2.45) is 0 Å². The molecule has 0 saturated heterocycles. The average Bonchev–Trinajstić information content (AvgIpc) is 3.30.